The Balaban J connectivity index is 2.18. The van der Waals surface area contributed by atoms with E-state index in [2.05, 4.69) is 28.4 Å². The van der Waals surface area contributed by atoms with Crippen LogP contribution in [0.25, 0.3) is 0 Å². The number of nitrogens with zero attached hydrogens (tertiary/aromatic N) is 1. The second-order valence-corrected chi connectivity index (χ2v) is 4.47. The number of para-hydroxylation sites is 1. The maximum Gasteiger partial charge on any atom is 0.143 e. The van der Waals surface area contributed by atoms with Crippen LogP contribution in [-0.4, -0.2) is 32.5 Å². The van der Waals surface area contributed by atoms with Crippen molar-refractivity contribution in [2.75, 3.05) is 25.0 Å². The molecule has 1 unspecified atom stereocenters. The van der Waals surface area contributed by atoms with Gasteiger partial charge in [0.15, 0.2) is 0 Å². The van der Waals surface area contributed by atoms with Gasteiger partial charge in [-0.2, -0.15) is 0 Å². The first-order valence-electron chi connectivity index (χ1n) is 5.28. The zero-order valence-corrected chi connectivity index (χ0v) is 8.73. The smallest absolute Gasteiger partial charge is 0.143 e. The molecule has 1 atom stereocenters. The van der Waals surface area contributed by atoms with Crippen LogP contribution >= 0.6 is 0 Å². The summed E-state index contributed by atoms with van der Waals surface area (Å²) < 4.78 is 0. The van der Waals surface area contributed by atoms with Crippen LogP contribution in [0.4, 0.5) is 5.69 Å². The normalized spacial score (nSPS) is 26.2. The molecule has 1 saturated heterocycles. The van der Waals surface area contributed by atoms with E-state index in [1.165, 1.54) is 11.3 Å². The van der Waals surface area contributed by atoms with Crippen LogP contribution in [0.3, 0.4) is 0 Å². The third kappa shape index (κ3) is 0.913. The first-order valence-corrected chi connectivity index (χ1v) is 5.28. The Morgan fingerprint density at radius 2 is 2.20 bits per heavy atom. The average molecular weight is 202 g/mol. The minimum Gasteiger partial charge on any atom is -0.364 e. The van der Waals surface area contributed by atoms with Crippen molar-refractivity contribution in [2.24, 2.45) is 0 Å². The summed E-state index contributed by atoms with van der Waals surface area (Å²) in [5, 5.41) is 3.28. The maximum absolute atomic E-state index is 11.2. The number of benzene rings is 1. The van der Waals surface area contributed by atoms with E-state index >= 15 is 0 Å². The molecule has 0 bridgehead atoms. The van der Waals surface area contributed by atoms with Crippen LogP contribution in [0.1, 0.15) is 5.56 Å². The van der Waals surface area contributed by atoms with Crippen molar-refractivity contribution in [3.8, 4) is 0 Å². The Morgan fingerprint density at radius 3 is 2.80 bits per heavy atom. The van der Waals surface area contributed by atoms with Crippen molar-refractivity contribution in [3.05, 3.63) is 29.8 Å². The van der Waals surface area contributed by atoms with Gasteiger partial charge in [0, 0.05) is 31.2 Å². The molecule has 1 fully saturated rings. The fourth-order valence-electron chi connectivity index (χ4n) is 2.90. The molecule has 2 heterocycles. The number of carbonyl (C=O) groups is 1. The molecule has 2 aliphatic rings. The van der Waals surface area contributed by atoms with Crippen LogP contribution in [0.15, 0.2) is 24.3 Å². The minimum absolute atomic E-state index is 0.00356. The zero-order valence-electron chi connectivity index (χ0n) is 8.73. The lowest BCUT2D eigenvalue weighted by Crippen LogP contribution is -2.64. The van der Waals surface area contributed by atoms with E-state index in [-0.39, 0.29) is 11.5 Å². The topological polar surface area (TPSA) is 32.3 Å². The van der Waals surface area contributed by atoms with Crippen LogP contribution in [0.5, 0.6) is 0 Å². The van der Waals surface area contributed by atoms with Gasteiger partial charge in [-0.1, -0.05) is 18.2 Å². The summed E-state index contributed by atoms with van der Waals surface area (Å²) >= 11 is 0. The molecule has 0 radical (unpaired) electrons. The van der Waals surface area contributed by atoms with Gasteiger partial charge < -0.3 is 15.0 Å². The Kier molecular flexibility index (Phi) is 1.68. The molecule has 1 aromatic carbocycles. The summed E-state index contributed by atoms with van der Waals surface area (Å²) in [6, 6.07) is 8.33. The van der Waals surface area contributed by atoms with Crippen LogP contribution in [0, 0.1) is 0 Å². The summed E-state index contributed by atoms with van der Waals surface area (Å²) in [5.41, 5.74) is 2.56. The first kappa shape index (κ1) is 8.92. The van der Waals surface area contributed by atoms with Crippen molar-refractivity contribution < 1.29 is 4.79 Å². The van der Waals surface area contributed by atoms with Gasteiger partial charge in [-0.3, -0.25) is 0 Å². The van der Waals surface area contributed by atoms with Gasteiger partial charge in [0.05, 0.1) is 6.04 Å². The van der Waals surface area contributed by atoms with Crippen LogP contribution in [0.2, 0.25) is 0 Å². The standard InChI is InChI=1S/C12H14N2O/c1-14-10-5-3-2-4-9(10)12(7-13-8-12)11(14)6-15/h2-6,11,13H,7-8H2,1H3. The molecule has 1 spiro atoms. The predicted octanol–water partition coefficient (Wildman–Crippen LogP) is 0.545. The third-order valence-corrected chi connectivity index (χ3v) is 3.81. The molecule has 0 amide bonds. The van der Waals surface area contributed by atoms with Crippen molar-refractivity contribution in [2.45, 2.75) is 11.5 Å². The maximum atomic E-state index is 11.2. The summed E-state index contributed by atoms with van der Waals surface area (Å²) in [4.78, 5) is 13.3. The Bertz CT molecular complexity index is 412. The van der Waals surface area contributed by atoms with E-state index in [0.29, 0.717) is 0 Å². The highest BCUT2D eigenvalue weighted by Gasteiger charge is 2.53. The summed E-state index contributed by atoms with van der Waals surface area (Å²) in [7, 11) is 2.00. The van der Waals surface area contributed by atoms with Gasteiger partial charge in [-0.05, 0) is 11.6 Å². The summed E-state index contributed by atoms with van der Waals surface area (Å²) in [5.74, 6) is 0. The Hall–Kier alpha value is -1.35. The summed E-state index contributed by atoms with van der Waals surface area (Å²) in [6.07, 6.45) is 1.08. The van der Waals surface area contributed by atoms with E-state index < -0.39 is 0 Å². The number of nitrogens with one attached hydrogen (secondary N) is 1. The van der Waals surface area contributed by atoms with E-state index in [1.54, 1.807) is 0 Å². The number of aldehydes is 1. The number of fused-ring (bicyclic) bond motifs is 2. The molecule has 2 aliphatic heterocycles. The second kappa shape index (κ2) is 2.83. The lowest BCUT2D eigenvalue weighted by molar-refractivity contribution is -0.110. The van der Waals surface area contributed by atoms with Gasteiger partial charge in [0.25, 0.3) is 0 Å². The molecule has 1 N–H and O–H groups in total. The van der Waals surface area contributed by atoms with Crippen LogP contribution in [-0.2, 0) is 10.2 Å². The van der Waals surface area contributed by atoms with Crippen molar-refractivity contribution in [1.29, 1.82) is 0 Å². The number of rotatable bonds is 1. The van der Waals surface area contributed by atoms with Gasteiger partial charge in [0.2, 0.25) is 0 Å². The number of hydrogen-bond acceptors (Lipinski definition) is 3. The highest BCUT2D eigenvalue weighted by atomic mass is 16.1. The quantitative estimate of drug-likeness (QED) is 0.675. The molecular weight excluding hydrogens is 188 g/mol. The number of likely N-dealkylation sites (N-methyl/N-ethyl adjacent to an activating group) is 1. The Labute approximate surface area is 89.1 Å². The van der Waals surface area contributed by atoms with Gasteiger partial charge in [0.1, 0.15) is 6.29 Å². The van der Waals surface area contributed by atoms with Gasteiger partial charge >= 0.3 is 0 Å². The molecule has 3 heteroatoms. The van der Waals surface area contributed by atoms with E-state index in [9.17, 15) is 4.79 Å². The molecule has 15 heavy (non-hydrogen) atoms. The van der Waals surface area contributed by atoms with E-state index in [4.69, 9.17) is 0 Å². The fraction of sp³-hybridized carbons (Fsp3) is 0.417. The van der Waals surface area contributed by atoms with Crippen molar-refractivity contribution in [1.82, 2.24) is 5.32 Å². The number of anilines is 1. The number of carbonyl (C=O) groups excluding carboxylic acids is 1. The monoisotopic (exact) mass is 202 g/mol. The van der Waals surface area contributed by atoms with Crippen molar-refractivity contribution >= 4 is 12.0 Å². The lowest BCUT2D eigenvalue weighted by atomic mass is 9.72. The minimum atomic E-state index is -0.00356. The molecular formula is C12H14N2O. The van der Waals surface area contributed by atoms with E-state index in [1.807, 2.05) is 13.1 Å². The molecule has 0 aromatic heterocycles. The average Bonchev–Trinajstić information content (AvgIpc) is 2.48. The fourth-order valence-corrected chi connectivity index (χ4v) is 2.90. The van der Waals surface area contributed by atoms with E-state index in [0.717, 1.165) is 19.4 Å². The molecule has 0 saturated carbocycles. The molecule has 78 valence electrons. The SMILES string of the molecule is CN1c2ccccc2C2(CNC2)C1C=O. The Morgan fingerprint density at radius 1 is 1.47 bits per heavy atom. The predicted molar refractivity (Wildman–Crippen MR) is 59.2 cm³/mol. The zero-order chi connectivity index (χ0) is 10.5. The van der Waals surface area contributed by atoms with Gasteiger partial charge in [-0.15, -0.1) is 0 Å². The molecule has 1 aromatic rings. The largest absolute Gasteiger partial charge is 0.364 e. The first-order chi connectivity index (χ1) is 7.29. The molecule has 3 rings (SSSR count). The second-order valence-electron chi connectivity index (χ2n) is 4.47. The van der Waals surface area contributed by atoms with Crippen LogP contribution < -0.4 is 10.2 Å². The lowest BCUT2D eigenvalue weighted by Gasteiger charge is -2.43. The third-order valence-electron chi connectivity index (χ3n) is 3.81. The van der Waals surface area contributed by atoms with Crippen molar-refractivity contribution in [3.63, 3.8) is 0 Å². The highest BCUT2D eigenvalue weighted by molar-refractivity contribution is 5.78. The highest BCUT2D eigenvalue weighted by Crippen LogP contribution is 2.46. The van der Waals surface area contributed by atoms with Gasteiger partial charge in [-0.25, -0.2) is 0 Å². The molecule has 0 aliphatic carbocycles. The molecule has 3 nitrogen and oxygen atoms in total. The number of hydrogen-bond donors (Lipinski definition) is 1. The summed E-state index contributed by atoms with van der Waals surface area (Å²) in [6.45, 7) is 1.83.